The number of ether oxygens (including phenoxy) is 1. The first-order valence-electron chi connectivity index (χ1n) is 11.2. The maximum Gasteiger partial charge on any atom is 0.227 e. The van der Waals surface area contributed by atoms with Crippen LogP contribution in [0.4, 0.5) is 10.1 Å². The highest BCUT2D eigenvalue weighted by atomic mass is 19.1. The Morgan fingerprint density at radius 1 is 1.00 bits per heavy atom. The second-order valence-corrected chi connectivity index (χ2v) is 8.66. The molecule has 3 atom stereocenters. The van der Waals surface area contributed by atoms with Crippen LogP contribution in [-0.2, 0) is 9.59 Å². The standard InChI is InChI=1S/C25H30FN3O3/c1-18(30)27-24-16-19(17-32-22-5-3-2-4-6-22)15-23(24)25(31)29-13-11-28(12-14-29)21-9-7-20(26)8-10-21/h2-10,19,23-24H,11-17H2,1H3,(H,27,30)/t19-,23-,24-/m1/s1. The van der Waals surface area contributed by atoms with Gasteiger partial charge < -0.3 is 19.9 Å². The van der Waals surface area contributed by atoms with E-state index in [2.05, 4.69) is 10.2 Å². The molecule has 2 fully saturated rings. The molecular formula is C25H30FN3O3. The summed E-state index contributed by atoms with van der Waals surface area (Å²) in [6.45, 7) is 4.67. The van der Waals surface area contributed by atoms with Gasteiger partial charge in [-0.3, -0.25) is 9.59 Å². The predicted molar refractivity (Wildman–Crippen MR) is 121 cm³/mol. The molecule has 2 amide bonds. The molecule has 7 heteroatoms. The van der Waals surface area contributed by atoms with E-state index in [9.17, 15) is 14.0 Å². The fourth-order valence-electron chi connectivity index (χ4n) is 4.77. The Morgan fingerprint density at radius 3 is 2.34 bits per heavy atom. The van der Waals surface area contributed by atoms with Crippen molar-refractivity contribution in [1.82, 2.24) is 10.2 Å². The first-order valence-corrected chi connectivity index (χ1v) is 11.2. The number of rotatable bonds is 6. The first-order chi connectivity index (χ1) is 15.5. The minimum atomic E-state index is -0.251. The van der Waals surface area contributed by atoms with Crippen LogP contribution in [0.2, 0.25) is 0 Å². The van der Waals surface area contributed by atoms with Crippen LogP contribution in [0, 0.1) is 17.7 Å². The molecule has 0 bridgehead atoms. The zero-order valence-corrected chi connectivity index (χ0v) is 18.4. The molecule has 2 aliphatic rings. The van der Waals surface area contributed by atoms with Crippen molar-refractivity contribution in [3.8, 4) is 5.75 Å². The van der Waals surface area contributed by atoms with Crippen LogP contribution in [0.25, 0.3) is 0 Å². The topological polar surface area (TPSA) is 61.9 Å². The Labute approximate surface area is 188 Å². The van der Waals surface area contributed by atoms with Crippen molar-refractivity contribution in [2.24, 2.45) is 11.8 Å². The number of hydrogen-bond acceptors (Lipinski definition) is 4. The molecule has 1 saturated heterocycles. The van der Waals surface area contributed by atoms with Gasteiger partial charge in [-0.2, -0.15) is 0 Å². The van der Waals surface area contributed by atoms with Crippen molar-refractivity contribution in [3.05, 3.63) is 60.4 Å². The van der Waals surface area contributed by atoms with Crippen LogP contribution in [0.1, 0.15) is 19.8 Å². The van der Waals surface area contributed by atoms with Gasteiger partial charge in [0.1, 0.15) is 11.6 Å². The number of nitrogens with one attached hydrogen (secondary N) is 1. The molecule has 0 radical (unpaired) electrons. The lowest BCUT2D eigenvalue weighted by Gasteiger charge is -2.38. The Bertz CT molecular complexity index is 914. The summed E-state index contributed by atoms with van der Waals surface area (Å²) in [4.78, 5) is 29.2. The zero-order valence-electron chi connectivity index (χ0n) is 18.4. The molecule has 2 aromatic carbocycles. The van der Waals surface area contributed by atoms with Gasteiger partial charge in [0, 0.05) is 44.8 Å². The van der Waals surface area contributed by atoms with Gasteiger partial charge in [0.05, 0.1) is 12.5 Å². The van der Waals surface area contributed by atoms with E-state index in [0.29, 0.717) is 39.2 Å². The minimum Gasteiger partial charge on any atom is -0.493 e. The largest absolute Gasteiger partial charge is 0.493 e. The van der Waals surface area contributed by atoms with Crippen molar-refractivity contribution < 1.29 is 18.7 Å². The number of halogens is 1. The molecular weight excluding hydrogens is 409 g/mol. The fraction of sp³-hybridized carbons (Fsp3) is 0.440. The molecule has 0 spiro atoms. The quantitative estimate of drug-likeness (QED) is 0.752. The highest BCUT2D eigenvalue weighted by Gasteiger charge is 2.41. The van der Waals surface area contributed by atoms with E-state index >= 15 is 0 Å². The lowest BCUT2D eigenvalue weighted by atomic mass is 10.0. The summed E-state index contributed by atoms with van der Waals surface area (Å²) in [6.07, 6.45) is 1.44. The van der Waals surface area contributed by atoms with Crippen molar-refractivity contribution >= 4 is 17.5 Å². The number of para-hydroxylation sites is 1. The summed E-state index contributed by atoms with van der Waals surface area (Å²) >= 11 is 0. The van der Waals surface area contributed by atoms with Gasteiger partial charge in [-0.25, -0.2) is 4.39 Å². The number of amides is 2. The maximum atomic E-state index is 13.4. The smallest absolute Gasteiger partial charge is 0.227 e. The normalized spacial score (nSPS) is 23.1. The molecule has 1 aliphatic heterocycles. The van der Waals surface area contributed by atoms with Crippen LogP contribution < -0.4 is 15.0 Å². The van der Waals surface area contributed by atoms with Gasteiger partial charge in [-0.15, -0.1) is 0 Å². The second kappa shape index (κ2) is 10.0. The average Bonchev–Trinajstić information content (AvgIpc) is 3.20. The Kier molecular flexibility index (Phi) is 6.93. The summed E-state index contributed by atoms with van der Waals surface area (Å²) < 4.78 is 19.1. The highest BCUT2D eigenvalue weighted by molar-refractivity contribution is 5.82. The van der Waals surface area contributed by atoms with Gasteiger partial charge in [-0.1, -0.05) is 18.2 Å². The first kappa shape index (κ1) is 22.1. The van der Waals surface area contributed by atoms with E-state index < -0.39 is 0 Å². The monoisotopic (exact) mass is 439 g/mol. The summed E-state index contributed by atoms with van der Waals surface area (Å²) in [7, 11) is 0. The molecule has 1 N–H and O–H groups in total. The number of hydrogen-bond donors (Lipinski definition) is 1. The van der Waals surface area contributed by atoms with E-state index in [1.54, 1.807) is 12.1 Å². The molecule has 0 unspecified atom stereocenters. The number of carbonyl (C=O) groups is 2. The molecule has 1 heterocycles. The molecule has 4 rings (SSSR count). The molecule has 2 aromatic rings. The molecule has 0 aromatic heterocycles. The van der Waals surface area contributed by atoms with E-state index in [1.807, 2.05) is 35.2 Å². The van der Waals surface area contributed by atoms with E-state index in [1.165, 1.54) is 19.1 Å². The summed E-state index contributed by atoms with van der Waals surface area (Å²) in [5.74, 6) is 0.527. The summed E-state index contributed by atoms with van der Waals surface area (Å²) in [5, 5.41) is 2.99. The van der Waals surface area contributed by atoms with Crippen LogP contribution >= 0.6 is 0 Å². The number of anilines is 1. The number of nitrogens with zero attached hydrogens (tertiary/aromatic N) is 2. The van der Waals surface area contributed by atoms with Crippen molar-refractivity contribution in [2.75, 3.05) is 37.7 Å². The predicted octanol–water partition coefficient (Wildman–Crippen LogP) is 3.08. The van der Waals surface area contributed by atoms with Crippen LogP contribution in [0.3, 0.4) is 0 Å². The highest BCUT2D eigenvalue weighted by Crippen LogP contribution is 2.34. The third-order valence-corrected chi connectivity index (χ3v) is 6.38. The molecule has 1 aliphatic carbocycles. The lowest BCUT2D eigenvalue weighted by Crippen LogP contribution is -2.52. The third-order valence-electron chi connectivity index (χ3n) is 6.38. The molecule has 1 saturated carbocycles. The molecule has 170 valence electrons. The van der Waals surface area contributed by atoms with Gasteiger partial charge in [-0.05, 0) is 55.2 Å². The lowest BCUT2D eigenvalue weighted by molar-refractivity contribution is -0.136. The van der Waals surface area contributed by atoms with Gasteiger partial charge in [0.2, 0.25) is 11.8 Å². The zero-order chi connectivity index (χ0) is 22.5. The van der Waals surface area contributed by atoms with Gasteiger partial charge in [0.25, 0.3) is 0 Å². The Morgan fingerprint density at radius 2 is 1.69 bits per heavy atom. The average molecular weight is 440 g/mol. The SMILES string of the molecule is CC(=O)N[C@@H]1C[C@H](COc2ccccc2)C[C@H]1C(=O)N1CCN(c2ccc(F)cc2)CC1. The van der Waals surface area contributed by atoms with Crippen LogP contribution in [0.15, 0.2) is 54.6 Å². The van der Waals surface area contributed by atoms with E-state index in [4.69, 9.17) is 4.74 Å². The summed E-state index contributed by atoms with van der Waals surface area (Å²) in [5.41, 5.74) is 0.966. The summed E-state index contributed by atoms with van der Waals surface area (Å²) in [6, 6.07) is 15.9. The van der Waals surface area contributed by atoms with Gasteiger partial charge >= 0.3 is 0 Å². The molecule has 32 heavy (non-hydrogen) atoms. The van der Waals surface area contributed by atoms with Crippen molar-refractivity contribution in [2.45, 2.75) is 25.8 Å². The van der Waals surface area contributed by atoms with Crippen LogP contribution in [-0.4, -0.2) is 55.5 Å². The maximum absolute atomic E-state index is 13.4. The Hall–Kier alpha value is -3.09. The third kappa shape index (κ3) is 5.39. The van der Waals surface area contributed by atoms with E-state index in [-0.39, 0.29) is 35.5 Å². The number of piperazine rings is 1. The van der Waals surface area contributed by atoms with Crippen LogP contribution in [0.5, 0.6) is 5.75 Å². The second-order valence-electron chi connectivity index (χ2n) is 8.66. The van der Waals surface area contributed by atoms with Crippen molar-refractivity contribution in [3.63, 3.8) is 0 Å². The van der Waals surface area contributed by atoms with Gasteiger partial charge in [0.15, 0.2) is 0 Å². The number of benzene rings is 2. The number of carbonyl (C=O) groups excluding carboxylic acids is 2. The molecule has 6 nitrogen and oxygen atoms in total. The fourth-order valence-corrected chi connectivity index (χ4v) is 4.77. The van der Waals surface area contributed by atoms with Crippen molar-refractivity contribution in [1.29, 1.82) is 0 Å². The Balaban J connectivity index is 1.35. The minimum absolute atomic E-state index is 0.102. The van der Waals surface area contributed by atoms with E-state index in [0.717, 1.165) is 17.9 Å².